The van der Waals surface area contributed by atoms with Crippen LogP contribution < -0.4 is 10.6 Å². The van der Waals surface area contributed by atoms with E-state index in [2.05, 4.69) is 10.6 Å². The number of hydrogen-bond acceptors (Lipinski definition) is 4. The number of nitrogens with zero attached hydrogens (tertiary/aromatic N) is 1. The summed E-state index contributed by atoms with van der Waals surface area (Å²) in [4.78, 5) is 21.9. The fourth-order valence-electron chi connectivity index (χ4n) is 2.16. The van der Waals surface area contributed by atoms with E-state index in [1.165, 1.54) is 24.3 Å². The van der Waals surface area contributed by atoms with Gasteiger partial charge in [-0.3, -0.25) is 14.9 Å². The van der Waals surface area contributed by atoms with Gasteiger partial charge in [-0.25, -0.2) is 0 Å². The molecule has 1 aliphatic rings. The van der Waals surface area contributed by atoms with Crippen molar-refractivity contribution < 1.29 is 9.72 Å². The van der Waals surface area contributed by atoms with Crippen molar-refractivity contribution in [1.29, 1.82) is 0 Å². The molecule has 2 N–H and O–H groups in total. The zero-order valence-electron chi connectivity index (χ0n) is 10.6. The lowest BCUT2D eigenvalue weighted by atomic mass is 9.98. The van der Waals surface area contributed by atoms with Gasteiger partial charge in [0.25, 0.3) is 11.6 Å². The highest BCUT2D eigenvalue weighted by Gasteiger charge is 2.15. The molecule has 6 nitrogen and oxygen atoms in total. The maximum atomic E-state index is 11.9. The molecule has 1 aromatic carbocycles. The molecule has 102 valence electrons. The Hall–Kier alpha value is -1.95. The fourth-order valence-corrected chi connectivity index (χ4v) is 2.16. The number of nitro benzene ring substituents is 1. The fraction of sp³-hybridized carbons (Fsp3) is 0.462. The van der Waals surface area contributed by atoms with Crippen LogP contribution in [0.1, 0.15) is 23.2 Å². The minimum absolute atomic E-state index is 0.00472. The largest absolute Gasteiger partial charge is 0.352 e. The van der Waals surface area contributed by atoms with Gasteiger partial charge >= 0.3 is 0 Å². The van der Waals surface area contributed by atoms with Gasteiger partial charge in [0.15, 0.2) is 0 Å². The van der Waals surface area contributed by atoms with Gasteiger partial charge in [0.2, 0.25) is 0 Å². The summed E-state index contributed by atoms with van der Waals surface area (Å²) in [5, 5.41) is 16.7. The Bertz CT molecular complexity index is 453. The van der Waals surface area contributed by atoms with Gasteiger partial charge in [0, 0.05) is 24.2 Å². The minimum atomic E-state index is -0.475. The van der Waals surface area contributed by atoms with Crippen LogP contribution in [0, 0.1) is 16.0 Å². The van der Waals surface area contributed by atoms with Crippen LogP contribution in [0.5, 0.6) is 0 Å². The van der Waals surface area contributed by atoms with E-state index in [4.69, 9.17) is 0 Å². The van der Waals surface area contributed by atoms with E-state index in [0.29, 0.717) is 18.0 Å². The highest BCUT2D eigenvalue weighted by atomic mass is 16.6. The molecule has 0 aromatic heterocycles. The average Bonchev–Trinajstić information content (AvgIpc) is 2.46. The van der Waals surface area contributed by atoms with Crippen LogP contribution in [0.25, 0.3) is 0 Å². The number of carbonyl (C=O) groups excluding carboxylic acids is 1. The third-order valence-electron chi connectivity index (χ3n) is 3.35. The molecule has 0 spiro atoms. The van der Waals surface area contributed by atoms with Crippen LogP contribution in [0.4, 0.5) is 5.69 Å². The number of amides is 1. The van der Waals surface area contributed by atoms with Gasteiger partial charge in [-0.1, -0.05) is 0 Å². The highest BCUT2D eigenvalue weighted by molar-refractivity contribution is 5.94. The molecule has 0 saturated carbocycles. The zero-order valence-corrected chi connectivity index (χ0v) is 10.6. The maximum absolute atomic E-state index is 11.9. The summed E-state index contributed by atoms with van der Waals surface area (Å²) in [6.45, 7) is 2.66. The average molecular weight is 263 g/mol. The normalized spacial score (nSPS) is 16.0. The third-order valence-corrected chi connectivity index (χ3v) is 3.35. The van der Waals surface area contributed by atoms with Gasteiger partial charge in [0.05, 0.1) is 4.92 Å². The summed E-state index contributed by atoms with van der Waals surface area (Å²) >= 11 is 0. The molecule has 19 heavy (non-hydrogen) atoms. The second-order valence-electron chi connectivity index (χ2n) is 4.71. The van der Waals surface area contributed by atoms with Crippen molar-refractivity contribution >= 4 is 11.6 Å². The number of non-ortho nitro benzene ring substituents is 1. The summed E-state index contributed by atoms with van der Waals surface area (Å²) in [5.74, 6) is 0.344. The van der Waals surface area contributed by atoms with E-state index < -0.39 is 4.92 Å². The number of benzene rings is 1. The minimum Gasteiger partial charge on any atom is -0.352 e. The SMILES string of the molecule is O=C(NCC1CCNCC1)c1ccc([N+](=O)[O-])cc1. The molecular weight excluding hydrogens is 246 g/mol. The number of hydrogen-bond donors (Lipinski definition) is 2. The lowest BCUT2D eigenvalue weighted by molar-refractivity contribution is -0.384. The number of carbonyl (C=O) groups is 1. The standard InChI is InChI=1S/C13H17N3O3/c17-13(15-9-10-5-7-14-8-6-10)11-1-3-12(4-2-11)16(18)19/h1-4,10,14H,5-9H2,(H,15,17). The van der Waals surface area contributed by atoms with Crippen molar-refractivity contribution in [3.63, 3.8) is 0 Å². The predicted molar refractivity (Wildman–Crippen MR) is 71.0 cm³/mol. The van der Waals surface area contributed by atoms with Crippen molar-refractivity contribution in [2.75, 3.05) is 19.6 Å². The Kier molecular flexibility index (Phi) is 4.46. The summed E-state index contributed by atoms with van der Waals surface area (Å²) < 4.78 is 0. The van der Waals surface area contributed by atoms with Crippen LogP contribution in [-0.2, 0) is 0 Å². The maximum Gasteiger partial charge on any atom is 0.269 e. The Balaban J connectivity index is 1.86. The van der Waals surface area contributed by atoms with Crippen molar-refractivity contribution in [3.8, 4) is 0 Å². The van der Waals surface area contributed by atoms with Crippen molar-refractivity contribution in [2.45, 2.75) is 12.8 Å². The van der Waals surface area contributed by atoms with Crippen molar-refractivity contribution in [1.82, 2.24) is 10.6 Å². The topological polar surface area (TPSA) is 84.3 Å². The van der Waals surface area contributed by atoms with E-state index in [1.54, 1.807) is 0 Å². The molecule has 0 radical (unpaired) electrons. The van der Waals surface area contributed by atoms with E-state index in [1.807, 2.05) is 0 Å². The molecule has 1 aliphatic heterocycles. The Labute approximate surface area is 111 Å². The molecule has 0 bridgehead atoms. The molecule has 1 amide bonds. The van der Waals surface area contributed by atoms with Gasteiger partial charge in [-0.05, 0) is 44.0 Å². The van der Waals surface area contributed by atoms with Crippen LogP contribution in [-0.4, -0.2) is 30.5 Å². The lowest BCUT2D eigenvalue weighted by Gasteiger charge is -2.22. The Morgan fingerprint density at radius 2 is 1.95 bits per heavy atom. The van der Waals surface area contributed by atoms with E-state index in [0.717, 1.165) is 25.9 Å². The van der Waals surface area contributed by atoms with Gasteiger partial charge in [0.1, 0.15) is 0 Å². The van der Waals surface area contributed by atoms with Crippen molar-refractivity contribution in [3.05, 3.63) is 39.9 Å². The first-order chi connectivity index (χ1) is 9.16. The number of nitrogens with one attached hydrogen (secondary N) is 2. The Morgan fingerprint density at radius 3 is 2.53 bits per heavy atom. The van der Waals surface area contributed by atoms with E-state index >= 15 is 0 Å². The van der Waals surface area contributed by atoms with Crippen LogP contribution in [0.3, 0.4) is 0 Å². The van der Waals surface area contributed by atoms with Gasteiger partial charge in [-0.15, -0.1) is 0 Å². The summed E-state index contributed by atoms with van der Waals surface area (Å²) in [5.41, 5.74) is 0.453. The first-order valence-corrected chi connectivity index (χ1v) is 6.40. The van der Waals surface area contributed by atoms with Crippen molar-refractivity contribution in [2.24, 2.45) is 5.92 Å². The Morgan fingerprint density at radius 1 is 1.32 bits per heavy atom. The van der Waals surface area contributed by atoms with Crippen LogP contribution in [0.15, 0.2) is 24.3 Å². The van der Waals surface area contributed by atoms with Gasteiger partial charge in [-0.2, -0.15) is 0 Å². The number of rotatable bonds is 4. The zero-order chi connectivity index (χ0) is 13.7. The summed E-state index contributed by atoms with van der Waals surface area (Å²) in [7, 11) is 0. The monoisotopic (exact) mass is 263 g/mol. The second kappa shape index (κ2) is 6.29. The molecule has 1 heterocycles. The molecule has 0 unspecified atom stereocenters. The van der Waals surface area contributed by atoms with Gasteiger partial charge < -0.3 is 10.6 Å². The number of piperidine rings is 1. The molecule has 0 atom stereocenters. The predicted octanol–water partition coefficient (Wildman–Crippen LogP) is 1.32. The first kappa shape index (κ1) is 13.5. The lowest BCUT2D eigenvalue weighted by Crippen LogP contribution is -2.35. The van der Waals surface area contributed by atoms with Crippen LogP contribution >= 0.6 is 0 Å². The number of nitro groups is 1. The third kappa shape index (κ3) is 3.75. The smallest absolute Gasteiger partial charge is 0.269 e. The quantitative estimate of drug-likeness (QED) is 0.634. The molecule has 0 aliphatic carbocycles. The van der Waals surface area contributed by atoms with E-state index in [-0.39, 0.29) is 11.6 Å². The second-order valence-corrected chi connectivity index (χ2v) is 4.71. The molecule has 1 saturated heterocycles. The first-order valence-electron chi connectivity index (χ1n) is 6.40. The summed E-state index contributed by atoms with van der Waals surface area (Å²) in [6, 6.07) is 5.66. The molecule has 1 fully saturated rings. The summed E-state index contributed by atoms with van der Waals surface area (Å²) in [6.07, 6.45) is 2.14. The molecule has 6 heteroatoms. The van der Waals surface area contributed by atoms with E-state index in [9.17, 15) is 14.9 Å². The molecule has 1 aromatic rings. The molecular formula is C13H17N3O3. The molecule has 2 rings (SSSR count). The highest BCUT2D eigenvalue weighted by Crippen LogP contribution is 2.13. The van der Waals surface area contributed by atoms with Crippen LogP contribution in [0.2, 0.25) is 0 Å².